The van der Waals surface area contributed by atoms with Crippen molar-refractivity contribution in [2.24, 2.45) is 10.9 Å². The molecule has 1 aliphatic carbocycles. The zero-order valence-corrected chi connectivity index (χ0v) is 18.3. The number of alkyl halides is 2. The van der Waals surface area contributed by atoms with Crippen LogP contribution in [0, 0.1) is 11.3 Å². The third-order valence-electron chi connectivity index (χ3n) is 6.71. The number of amides is 1. The van der Waals surface area contributed by atoms with Crippen LogP contribution in [0.1, 0.15) is 38.4 Å². The van der Waals surface area contributed by atoms with Crippen molar-refractivity contribution in [3.05, 3.63) is 30.4 Å². The summed E-state index contributed by atoms with van der Waals surface area (Å²) >= 11 is 0. The summed E-state index contributed by atoms with van der Waals surface area (Å²) in [6.07, 6.45) is 8.16. The summed E-state index contributed by atoms with van der Waals surface area (Å²) < 4.78 is 31.9. The van der Waals surface area contributed by atoms with Crippen LogP contribution in [0.5, 0.6) is 0 Å². The average molecular weight is 460 g/mol. The first-order valence-corrected chi connectivity index (χ1v) is 11.3. The number of rotatable bonds is 7. The third kappa shape index (κ3) is 4.05. The molecule has 4 unspecified atom stereocenters. The van der Waals surface area contributed by atoms with E-state index in [1.165, 1.54) is 12.4 Å². The molecule has 33 heavy (non-hydrogen) atoms. The lowest BCUT2D eigenvalue weighted by Crippen LogP contribution is -2.57. The first-order valence-electron chi connectivity index (χ1n) is 11.3. The lowest BCUT2D eigenvalue weighted by molar-refractivity contribution is -0.138. The molecule has 2 saturated heterocycles. The summed E-state index contributed by atoms with van der Waals surface area (Å²) in [5, 5.41) is 11.2. The molecule has 5 rings (SSSR count). The number of likely N-dealkylation sites (tertiary alicyclic amines) is 1. The Balaban J connectivity index is 1.31. The fourth-order valence-electron chi connectivity index (χ4n) is 5.12. The van der Waals surface area contributed by atoms with Gasteiger partial charge in [0.2, 0.25) is 5.91 Å². The lowest BCUT2D eigenvalue weighted by Gasteiger charge is -2.42. The zero-order chi connectivity index (χ0) is 23.1. The van der Waals surface area contributed by atoms with E-state index in [1.54, 1.807) is 6.20 Å². The second kappa shape index (κ2) is 8.69. The summed E-state index contributed by atoms with van der Waals surface area (Å²) in [6, 6.07) is 2.04. The highest BCUT2D eigenvalue weighted by molar-refractivity contribution is 6.02. The number of piperazine rings is 1. The highest BCUT2D eigenvalue weighted by Crippen LogP contribution is 2.40. The minimum absolute atomic E-state index is 0.0190. The highest BCUT2D eigenvalue weighted by atomic mass is 19.3. The molecule has 4 atom stereocenters. The average Bonchev–Trinajstić information content (AvgIpc) is 3.13. The molecule has 2 aromatic rings. The van der Waals surface area contributed by atoms with E-state index >= 15 is 0 Å². The van der Waals surface area contributed by atoms with E-state index in [0.717, 1.165) is 25.6 Å². The number of carbonyl (C=O) groups is 1. The van der Waals surface area contributed by atoms with Gasteiger partial charge in [-0.15, -0.1) is 0 Å². The van der Waals surface area contributed by atoms with Gasteiger partial charge in [0.15, 0.2) is 5.84 Å². The molecule has 1 saturated carbocycles. The number of H-pyrrole nitrogens is 1. The molecule has 4 heterocycles. The molecule has 2 aromatic heterocycles. The molecule has 0 aromatic carbocycles. The van der Waals surface area contributed by atoms with Gasteiger partial charge in [-0.1, -0.05) is 0 Å². The van der Waals surface area contributed by atoms with Crippen molar-refractivity contribution in [3.63, 3.8) is 0 Å². The largest absolute Gasteiger partial charge is 0.378 e. The lowest BCUT2D eigenvalue weighted by atomic mass is 10.1. The number of fused-ring (bicyclic) bond motifs is 2. The van der Waals surface area contributed by atoms with Crippen molar-refractivity contribution in [3.8, 4) is 11.1 Å². The Morgan fingerprint density at radius 2 is 2.12 bits per heavy atom. The predicted octanol–water partition coefficient (Wildman–Crippen LogP) is 2.73. The van der Waals surface area contributed by atoms with Crippen molar-refractivity contribution in [1.29, 1.82) is 5.41 Å². The molecular weight excluding hydrogens is 432 g/mol. The van der Waals surface area contributed by atoms with Gasteiger partial charge in [0.1, 0.15) is 6.34 Å². The topological polar surface area (TPSA) is 103 Å². The minimum atomic E-state index is -2.69. The van der Waals surface area contributed by atoms with E-state index < -0.39 is 6.55 Å². The summed E-state index contributed by atoms with van der Waals surface area (Å²) in [4.78, 5) is 24.7. The maximum Gasteiger partial charge on any atom is 0.333 e. The quantitative estimate of drug-likeness (QED) is 0.491. The van der Waals surface area contributed by atoms with Crippen LogP contribution in [0.3, 0.4) is 0 Å². The molecule has 3 aliphatic rings. The van der Waals surface area contributed by atoms with Crippen molar-refractivity contribution >= 4 is 18.1 Å². The summed E-state index contributed by atoms with van der Waals surface area (Å²) in [7, 11) is 0. The number of hydrogen-bond donors (Lipinski definition) is 2. The van der Waals surface area contributed by atoms with E-state index in [1.807, 2.05) is 13.0 Å². The van der Waals surface area contributed by atoms with Gasteiger partial charge in [0, 0.05) is 55.3 Å². The van der Waals surface area contributed by atoms with Crippen molar-refractivity contribution < 1.29 is 18.3 Å². The summed E-state index contributed by atoms with van der Waals surface area (Å²) in [5.41, 5.74) is 1.97. The Hall–Kier alpha value is -3.08. The van der Waals surface area contributed by atoms with Crippen LogP contribution in [0.2, 0.25) is 0 Å². The van der Waals surface area contributed by atoms with Gasteiger partial charge >= 0.3 is 6.55 Å². The second-order valence-corrected chi connectivity index (χ2v) is 8.74. The van der Waals surface area contributed by atoms with E-state index in [9.17, 15) is 13.6 Å². The number of aromatic amines is 1. The summed E-state index contributed by atoms with van der Waals surface area (Å²) in [5.74, 6) is 0.791. The Morgan fingerprint density at radius 1 is 1.36 bits per heavy atom. The van der Waals surface area contributed by atoms with Gasteiger partial charge in [-0.25, -0.2) is 9.67 Å². The minimum Gasteiger partial charge on any atom is -0.378 e. The van der Waals surface area contributed by atoms with E-state index in [4.69, 9.17) is 10.1 Å². The van der Waals surface area contributed by atoms with Crippen LogP contribution >= 0.6 is 0 Å². The number of amidine groups is 1. The van der Waals surface area contributed by atoms with Gasteiger partial charge in [0.05, 0.1) is 23.9 Å². The molecule has 176 valence electrons. The fourth-order valence-corrected chi connectivity index (χ4v) is 5.12. The van der Waals surface area contributed by atoms with E-state index in [2.05, 4.69) is 24.9 Å². The Kier molecular flexibility index (Phi) is 5.73. The SMILES string of the molecule is CCOC1CC1C(=O)N1C2CCC1CN(C(=NC=N)c1cc(-c3cnn(C(F)F)c3)c[nH]1)C2. The first kappa shape index (κ1) is 21.7. The monoisotopic (exact) mass is 459 g/mol. The normalized spacial score (nSPS) is 26.8. The Morgan fingerprint density at radius 3 is 2.76 bits per heavy atom. The van der Waals surface area contributed by atoms with Gasteiger partial charge in [-0.2, -0.15) is 13.9 Å². The standard InChI is InChI=1S/C22H27F2N7O2/c1-2-33-19-6-17(19)21(32)31-15-3-4-16(31)11-29(10-15)20(27-12-25)18-5-13(7-26-18)14-8-28-30(9-14)22(23)24/h5,7-9,12,15-17,19,22,25-26H,2-4,6,10-11H2,1H3. The smallest absolute Gasteiger partial charge is 0.333 e. The number of nitrogens with zero attached hydrogens (tertiary/aromatic N) is 5. The van der Waals surface area contributed by atoms with Gasteiger partial charge in [-0.05, 0) is 32.3 Å². The van der Waals surface area contributed by atoms with Crippen LogP contribution in [-0.2, 0) is 9.53 Å². The molecule has 9 nitrogen and oxygen atoms in total. The van der Waals surface area contributed by atoms with Crippen LogP contribution in [0.4, 0.5) is 8.78 Å². The molecule has 2 N–H and O–H groups in total. The zero-order valence-electron chi connectivity index (χ0n) is 18.3. The Labute approximate surface area is 189 Å². The highest BCUT2D eigenvalue weighted by Gasteiger charge is 2.52. The molecular formula is C22H27F2N7O2. The first-order chi connectivity index (χ1) is 16.0. The Bertz CT molecular complexity index is 1050. The number of carbonyl (C=O) groups excluding carboxylic acids is 1. The molecule has 3 fully saturated rings. The van der Waals surface area contributed by atoms with E-state index in [0.29, 0.717) is 47.0 Å². The van der Waals surface area contributed by atoms with Crippen molar-refractivity contribution in [2.45, 2.75) is 50.9 Å². The molecule has 2 bridgehead atoms. The molecule has 1 amide bonds. The number of hydrogen-bond acceptors (Lipinski definition) is 4. The number of aliphatic imine (C=N–C) groups is 1. The van der Waals surface area contributed by atoms with Crippen LogP contribution in [0.15, 0.2) is 29.6 Å². The molecule has 11 heteroatoms. The molecule has 0 radical (unpaired) electrons. The van der Waals surface area contributed by atoms with Gasteiger partial charge < -0.3 is 19.5 Å². The van der Waals surface area contributed by atoms with Crippen molar-refractivity contribution in [1.82, 2.24) is 24.6 Å². The predicted molar refractivity (Wildman–Crippen MR) is 117 cm³/mol. The van der Waals surface area contributed by atoms with Crippen molar-refractivity contribution in [2.75, 3.05) is 19.7 Å². The maximum absolute atomic E-state index is 13.1. The van der Waals surface area contributed by atoms with Gasteiger partial charge in [-0.3, -0.25) is 10.2 Å². The van der Waals surface area contributed by atoms with Gasteiger partial charge in [0.25, 0.3) is 0 Å². The molecule has 2 aliphatic heterocycles. The maximum atomic E-state index is 13.1. The fraction of sp³-hybridized carbons (Fsp3) is 0.545. The van der Waals surface area contributed by atoms with Crippen LogP contribution < -0.4 is 0 Å². The van der Waals surface area contributed by atoms with Crippen LogP contribution in [0.25, 0.3) is 11.1 Å². The molecule has 0 spiro atoms. The second-order valence-electron chi connectivity index (χ2n) is 8.74. The number of halogens is 2. The third-order valence-corrected chi connectivity index (χ3v) is 6.71. The van der Waals surface area contributed by atoms with Crippen LogP contribution in [-0.4, -0.2) is 80.5 Å². The van der Waals surface area contributed by atoms with E-state index in [-0.39, 0.29) is 30.0 Å². The summed E-state index contributed by atoms with van der Waals surface area (Å²) in [6.45, 7) is 1.15. The number of nitrogens with one attached hydrogen (secondary N) is 2. The number of aromatic nitrogens is 3. The number of ether oxygens (including phenoxy) is 1.